The van der Waals surface area contributed by atoms with Crippen LogP contribution in [0.5, 0.6) is 0 Å². The van der Waals surface area contributed by atoms with Gasteiger partial charge in [0.25, 0.3) is 0 Å². The number of nitrogens with zero attached hydrogens (tertiary/aromatic N) is 4. The first kappa shape index (κ1) is 15.2. The summed E-state index contributed by atoms with van der Waals surface area (Å²) in [4.78, 5) is 2.52. The van der Waals surface area contributed by atoms with Crippen LogP contribution in [0.3, 0.4) is 0 Å². The molecule has 1 saturated heterocycles. The van der Waals surface area contributed by atoms with Gasteiger partial charge < -0.3 is 0 Å². The van der Waals surface area contributed by atoms with E-state index in [2.05, 4.69) is 22.1 Å². The zero-order valence-corrected chi connectivity index (χ0v) is 13.3. The first-order valence-electron chi connectivity index (χ1n) is 8.10. The fourth-order valence-electron chi connectivity index (χ4n) is 3.26. The van der Waals surface area contributed by atoms with Crippen LogP contribution < -0.4 is 0 Å². The molecule has 1 aromatic heterocycles. The van der Waals surface area contributed by atoms with Gasteiger partial charge in [-0.2, -0.15) is 0 Å². The predicted molar refractivity (Wildman–Crippen MR) is 84.4 cm³/mol. The molecule has 0 N–H and O–H groups in total. The molecule has 2 heterocycles. The van der Waals surface area contributed by atoms with Gasteiger partial charge >= 0.3 is 0 Å². The summed E-state index contributed by atoms with van der Waals surface area (Å²) < 4.78 is 14.8. The molecular weight excluding hydrogens is 279 g/mol. The Hall–Kier alpha value is -1.75. The van der Waals surface area contributed by atoms with Gasteiger partial charge in [0.05, 0.1) is 11.4 Å². The van der Waals surface area contributed by atoms with Crippen molar-refractivity contribution in [1.29, 1.82) is 0 Å². The summed E-state index contributed by atoms with van der Waals surface area (Å²) in [7, 11) is 0. The average molecular weight is 302 g/mol. The molecule has 0 aliphatic carbocycles. The topological polar surface area (TPSA) is 34.0 Å². The Kier molecular flexibility index (Phi) is 4.52. The highest BCUT2D eigenvalue weighted by atomic mass is 19.1. The Morgan fingerprint density at radius 1 is 1.23 bits per heavy atom. The summed E-state index contributed by atoms with van der Waals surface area (Å²) in [6, 6.07) is 7.03. The minimum absolute atomic E-state index is 0.235. The summed E-state index contributed by atoms with van der Waals surface area (Å²) in [6.07, 6.45) is 5.06. The summed E-state index contributed by atoms with van der Waals surface area (Å²) in [6.45, 7) is 6.28. The predicted octanol–water partition coefficient (Wildman–Crippen LogP) is 3.48. The Morgan fingerprint density at radius 3 is 2.73 bits per heavy atom. The Bertz CT molecular complexity index is 620. The first-order valence-corrected chi connectivity index (χ1v) is 8.10. The van der Waals surface area contributed by atoms with Crippen LogP contribution in [-0.2, 0) is 6.54 Å². The number of hydrogen-bond donors (Lipinski definition) is 0. The molecule has 0 saturated carbocycles. The van der Waals surface area contributed by atoms with Crippen molar-refractivity contribution in [3.05, 3.63) is 41.5 Å². The lowest BCUT2D eigenvalue weighted by Crippen LogP contribution is -2.38. The Labute approximate surface area is 130 Å². The van der Waals surface area contributed by atoms with Gasteiger partial charge in [-0.1, -0.05) is 18.6 Å². The highest BCUT2D eigenvalue weighted by Crippen LogP contribution is 2.22. The molecule has 3 rings (SSSR count). The van der Waals surface area contributed by atoms with Crippen molar-refractivity contribution in [2.75, 3.05) is 6.54 Å². The lowest BCUT2D eigenvalue weighted by Gasteiger charge is -2.34. The van der Waals surface area contributed by atoms with Crippen LogP contribution in [0.15, 0.2) is 24.3 Å². The van der Waals surface area contributed by atoms with E-state index >= 15 is 0 Å². The number of likely N-dealkylation sites (tertiary alicyclic amines) is 1. The van der Waals surface area contributed by atoms with Crippen molar-refractivity contribution in [3.63, 3.8) is 0 Å². The second kappa shape index (κ2) is 6.57. The van der Waals surface area contributed by atoms with Gasteiger partial charge in [0, 0.05) is 12.6 Å². The zero-order chi connectivity index (χ0) is 15.5. The largest absolute Gasteiger partial charge is 0.294 e. The number of piperidine rings is 1. The molecule has 118 valence electrons. The molecular formula is C17H23FN4. The van der Waals surface area contributed by atoms with Gasteiger partial charge in [-0.15, -0.1) is 5.10 Å². The van der Waals surface area contributed by atoms with Gasteiger partial charge in [-0.3, -0.25) is 4.90 Å². The average Bonchev–Trinajstić information content (AvgIpc) is 2.90. The molecule has 1 aromatic carbocycles. The van der Waals surface area contributed by atoms with Crippen LogP contribution in [0, 0.1) is 12.7 Å². The number of halogens is 1. The summed E-state index contributed by atoms with van der Waals surface area (Å²) in [5, 5.41) is 8.60. The van der Waals surface area contributed by atoms with Crippen molar-refractivity contribution in [2.45, 2.75) is 52.1 Å². The van der Waals surface area contributed by atoms with E-state index in [1.165, 1.54) is 37.8 Å². The summed E-state index contributed by atoms with van der Waals surface area (Å²) in [5.41, 5.74) is 2.90. The number of rotatable bonds is 4. The first-order chi connectivity index (χ1) is 10.7. The normalized spacial score (nSPS) is 19.5. The van der Waals surface area contributed by atoms with E-state index in [0.717, 1.165) is 30.2 Å². The second-order valence-electron chi connectivity index (χ2n) is 6.04. The van der Waals surface area contributed by atoms with Crippen molar-refractivity contribution in [2.24, 2.45) is 0 Å². The van der Waals surface area contributed by atoms with E-state index in [9.17, 15) is 4.39 Å². The molecule has 1 aliphatic rings. The van der Waals surface area contributed by atoms with Crippen LogP contribution in [0.1, 0.15) is 44.0 Å². The molecule has 0 bridgehead atoms. The Balaban J connectivity index is 1.79. The van der Waals surface area contributed by atoms with Gasteiger partial charge in [-0.05, 0) is 57.0 Å². The minimum Gasteiger partial charge on any atom is -0.294 e. The van der Waals surface area contributed by atoms with Gasteiger partial charge in [0.2, 0.25) is 0 Å². The molecule has 0 radical (unpaired) electrons. The maximum Gasteiger partial charge on any atom is 0.123 e. The van der Waals surface area contributed by atoms with Crippen molar-refractivity contribution < 1.29 is 4.39 Å². The molecule has 1 atom stereocenters. The van der Waals surface area contributed by atoms with Gasteiger partial charge in [0.1, 0.15) is 11.5 Å². The minimum atomic E-state index is -0.235. The number of hydrogen-bond acceptors (Lipinski definition) is 3. The van der Waals surface area contributed by atoms with Crippen LogP contribution in [0.4, 0.5) is 4.39 Å². The molecule has 22 heavy (non-hydrogen) atoms. The molecule has 5 heteroatoms. The number of aromatic nitrogens is 3. The van der Waals surface area contributed by atoms with E-state index in [4.69, 9.17) is 0 Å². The fourth-order valence-corrected chi connectivity index (χ4v) is 3.26. The van der Waals surface area contributed by atoms with E-state index in [-0.39, 0.29) is 5.82 Å². The zero-order valence-electron chi connectivity index (χ0n) is 13.3. The van der Waals surface area contributed by atoms with E-state index in [1.54, 1.807) is 16.8 Å². The lowest BCUT2D eigenvalue weighted by atomic mass is 10.00. The standard InChI is InChI=1S/C17H23FN4/c1-3-15-6-4-5-11-21(15)12-17-13(2)22(20-19-17)16-9-7-14(18)8-10-16/h7-10,15H,3-6,11-12H2,1-2H3. The van der Waals surface area contributed by atoms with Crippen LogP contribution >= 0.6 is 0 Å². The SMILES string of the molecule is CCC1CCCCN1Cc1nnn(-c2ccc(F)cc2)c1C. The molecule has 1 fully saturated rings. The highest BCUT2D eigenvalue weighted by molar-refractivity contribution is 5.33. The van der Waals surface area contributed by atoms with E-state index in [1.807, 2.05) is 6.92 Å². The van der Waals surface area contributed by atoms with E-state index in [0.29, 0.717) is 6.04 Å². The van der Waals surface area contributed by atoms with Gasteiger partial charge in [0.15, 0.2) is 0 Å². The molecule has 1 unspecified atom stereocenters. The molecule has 0 spiro atoms. The summed E-state index contributed by atoms with van der Waals surface area (Å²) in [5.74, 6) is -0.235. The maximum absolute atomic E-state index is 13.0. The highest BCUT2D eigenvalue weighted by Gasteiger charge is 2.23. The lowest BCUT2D eigenvalue weighted by molar-refractivity contribution is 0.134. The fraction of sp³-hybridized carbons (Fsp3) is 0.529. The Morgan fingerprint density at radius 2 is 2.00 bits per heavy atom. The number of benzene rings is 1. The maximum atomic E-state index is 13.0. The van der Waals surface area contributed by atoms with E-state index < -0.39 is 0 Å². The monoisotopic (exact) mass is 302 g/mol. The van der Waals surface area contributed by atoms with Crippen LogP contribution in [-0.4, -0.2) is 32.5 Å². The van der Waals surface area contributed by atoms with Crippen LogP contribution in [0.2, 0.25) is 0 Å². The molecule has 0 amide bonds. The third-order valence-electron chi connectivity index (χ3n) is 4.63. The second-order valence-corrected chi connectivity index (χ2v) is 6.04. The molecule has 2 aromatic rings. The quantitative estimate of drug-likeness (QED) is 0.867. The summed E-state index contributed by atoms with van der Waals surface area (Å²) >= 11 is 0. The van der Waals surface area contributed by atoms with Crippen molar-refractivity contribution >= 4 is 0 Å². The molecule has 4 nitrogen and oxygen atoms in total. The third-order valence-corrected chi connectivity index (χ3v) is 4.63. The van der Waals surface area contributed by atoms with Crippen molar-refractivity contribution in [3.8, 4) is 5.69 Å². The van der Waals surface area contributed by atoms with Gasteiger partial charge in [-0.25, -0.2) is 9.07 Å². The molecule has 1 aliphatic heterocycles. The van der Waals surface area contributed by atoms with Crippen LogP contribution in [0.25, 0.3) is 5.69 Å². The van der Waals surface area contributed by atoms with Crippen molar-refractivity contribution in [1.82, 2.24) is 19.9 Å². The third kappa shape index (κ3) is 3.04. The smallest absolute Gasteiger partial charge is 0.123 e.